The van der Waals surface area contributed by atoms with Gasteiger partial charge in [0, 0.05) is 23.8 Å². The summed E-state index contributed by atoms with van der Waals surface area (Å²) in [6, 6.07) is 6.01. The predicted octanol–water partition coefficient (Wildman–Crippen LogP) is 2.06. The number of fused-ring (bicyclic) bond motifs is 3. The molecule has 0 unspecified atom stereocenters. The maximum Gasteiger partial charge on any atom is 0.172 e. The SMILES string of the molecule is Nc1ccc2c(c1)CSc1nccn1-2. The molecule has 2 aromatic rings. The summed E-state index contributed by atoms with van der Waals surface area (Å²) in [5.74, 6) is 0.956. The van der Waals surface area contributed by atoms with E-state index in [1.807, 2.05) is 24.5 Å². The van der Waals surface area contributed by atoms with Gasteiger partial charge in [-0.15, -0.1) is 0 Å². The highest BCUT2D eigenvalue weighted by atomic mass is 32.2. The van der Waals surface area contributed by atoms with Crippen molar-refractivity contribution in [3.05, 3.63) is 36.2 Å². The number of hydrogen-bond donors (Lipinski definition) is 1. The van der Waals surface area contributed by atoms with E-state index >= 15 is 0 Å². The van der Waals surface area contributed by atoms with Crippen LogP contribution in [0.5, 0.6) is 0 Å². The lowest BCUT2D eigenvalue weighted by Crippen LogP contribution is -2.05. The van der Waals surface area contributed by atoms with Crippen LogP contribution in [-0.2, 0) is 5.75 Å². The summed E-state index contributed by atoms with van der Waals surface area (Å²) in [4.78, 5) is 4.27. The molecule has 0 atom stereocenters. The standard InChI is InChI=1S/C10H9N3S/c11-8-1-2-9-7(5-8)6-14-10-12-3-4-13(9)10/h1-5H,6,11H2. The molecule has 0 amide bonds. The number of anilines is 1. The molecule has 4 heteroatoms. The van der Waals surface area contributed by atoms with Gasteiger partial charge in [-0.25, -0.2) is 4.98 Å². The Labute approximate surface area is 85.9 Å². The molecule has 0 spiro atoms. The highest BCUT2D eigenvalue weighted by Crippen LogP contribution is 2.33. The molecule has 14 heavy (non-hydrogen) atoms. The van der Waals surface area contributed by atoms with E-state index in [9.17, 15) is 0 Å². The Hall–Kier alpha value is -1.42. The van der Waals surface area contributed by atoms with Crippen molar-refractivity contribution in [2.45, 2.75) is 10.9 Å². The highest BCUT2D eigenvalue weighted by Gasteiger charge is 2.15. The number of nitrogens with zero attached hydrogens (tertiary/aromatic N) is 2. The average Bonchev–Trinajstić information content (AvgIpc) is 2.65. The van der Waals surface area contributed by atoms with E-state index in [0.717, 1.165) is 16.6 Å². The Balaban J connectivity index is 2.26. The number of aromatic nitrogens is 2. The number of imidazole rings is 1. The molecule has 3 rings (SSSR count). The summed E-state index contributed by atoms with van der Waals surface area (Å²) < 4.78 is 2.10. The summed E-state index contributed by atoms with van der Waals surface area (Å²) in [7, 11) is 0. The molecule has 0 radical (unpaired) electrons. The minimum atomic E-state index is 0.827. The number of rotatable bonds is 0. The summed E-state index contributed by atoms with van der Waals surface area (Å²) in [5, 5.41) is 1.06. The van der Waals surface area contributed by atoms with E-state index in [2.05, 4.69) is 15.6 Å². The third-order valence-corrected chi connectivity index (χ3v) is 3.34. The number of hydrogen-bond acceptors (Lipinski definition) is 3. The maximum absolute atomic E-state index is 5.74. The first-order valence-electron chi connectivity index (χ1n) is 4.39. The van der Waals surface area contributed by atoms with E-state index in [1.165, 1.54) is 11.3 Å². The second-order valence-corrected chi connectivity index (χ2v) is 4.20. The van der Waals surface area contributed by atoms with E-state index in [0.29, 0.717) is 0 Å². The van der Waals surface area contributed by atoms with Gasteiger partial charge >= 0.3 is 0 Å². The number of benzene rings is 1. The largest absolute Gasteiger partial charge is 0.399 e. The lowest BCUT2D eigenvalue weighted by Gasteiger charge is -2.17. The zero-order valence-electron chi connectivity index (χ0n) is 7.47. The molecule has 2 N–H and O–H groups in total. The summed E-state index contributed by atoms with van der Waals surface area (Å²) in [6.07, 6.45) is 3.81. The first-order valence-corrected chi connectivity index (χ1v) is 5.38. The molecule has 0 saturated carbocycles. The molecule has 70 valence electrons. The quantitative estimate of drug-likeness (QED) is 0.666. The summed E-state index contributed by atoms with van der Waals surface area (Å²) in [5.41, 5.74) is 9.05. The van der Waals surface area contributed by atoms with Crippen molar-refractivity contribution in [1.29, 1.82) is 0 Å². The van der Waals surface area contributed by atoms with Gasteiger partial charge in [-0.1, -0.05) is 11.8 Å². The summed E-state index contributed by atoms with van der Waals surface area (Å²) >= 11 is 1.74. The molecular formula is C10H9N3S. The van der Waals surface area contributed by atoms with Crippen LogP contribution in [0, 0.1) is 0 Å². The Morgan fingerprint density at radius 3 is 3.29 bits per heavy atom. The minimum absolute atomic E-state index is 0.827. The predicted molar refractivity (Wildman–Crippen MR) is 57.5 cm³/mol. The van der Waals surface area contributed by atoms with Gasteiger partial charge < -0.3 is 5.73 Å². The Kier molecular flexibility index (Phi) is 1.58. The lowest BCUT2D eigenvalue weighted by atomic mass is 10.2. The molecule has 0 saturated heterocycles. The lowest BCUT2D eigenvalue weighted by molar-refractivity contribution is 0.872. The van der Waals surface area contributed by atoms with Crippen LogP contribution in [0.15, 0.2) is 35.7 Å². The maximum atomic E-state index is 5.74. The highest BCUT2D eigenvalue weighted by molar-refractivity contribution is 7.98. The van der Waals surface area contributed by atoms with Crippen molar-refractivity contribution in [1.82, 2.24) is 9.55 Å². The van der Waals surface area contributed by atoms with Crippen LogP contribution in [0.4, 0.5) is 5.69 Å². The Morgan fingerprint density at radius 2 is 2.36 bits per heavy atom. The first-order chi connectivity index (χ1) is 6.84. The molecule has 0 bridgehead atoms. The van der Waals surface area contributed by atoms with Gasteiger partial charge in [-0.2, -0.15) is 0 Å². The normalized spacial score (nSPS) is 13.4. The molecule has 0 fully saturated rings. The van der Waals surface area contributed by atoms with Gasteiger partial charge in [-0.05, 0) is 23.8 Å². The van der Waals surface area contributed by atoms with Crippen LogP contribution in [0.1, 0.15) is 5.56 Å². The van der Waals surface area contributed by atoms with Crippen molar-refractivity contribution < 1.29 is 0 Å². The zero-order valence-corrected chi connectivity index (χ0v) is 8.29. The smallest absolute Gasteiger partial charge is 0.172 e. The van der Waals surface area contributed by atoms with E-state index in [1.54, 1.807) is 11.8 Å². The average molecular weight is 203 g/mol. The van der Waals surface area contributed by atoms with E-state index < -0.39 is 0 Å². The molecule has 1 aliphatic rings. The molecule has 1 aromatic heterocycles. The van der Waals surface area contributed by atoms with Crippen LogP contribution in [0.3, 0.4) is 0 Å². The van der Waals surface area contributed by atoms with Crippen molar-refractivity contribution in [2.75, 3.05) is 5.73 Å². The monoisotopic (exact) mass is 203 g/mol. The molecule has 1 aromatic carbocycles. The Morgan fingerprint density at radius 1 is 1.43 bits per heavy atom. The number of nitrogens with two attached hydrogens (primary N) is 1. The van der Waals surface area contributed by atoms with Gasteiger partial charge in [-0.3, -0.25) is 4.57 Å². The molecule has 3 nitrogen and oxygen atoms in total. The van der Waals surface area contributed by atoms with Gasteiger partial charge in [0.1, 0.15) is 0 Å². The van der Waals surface area contributed by atoms with Crippen LogP contribution < -0.4 is 5.73 Å². The molecule has 1 aliphatic heterocycles. The van der Waals surface area contributed by atoms with Crippen molar-refractivity contribution >= 4 is 17.4 Å². The van der Waals surface area contributed by atoms with Crippen LogP contribution in [0.2, 0.25) is 0 Å². The minimum Gasteiger partial charge on any atom is -0.399 e. The second-order valence-electron chi connectivity index (χ2n) is 3.26. The fourth-order valence-electron chi connectivity index (χ4n) is 1.68. The number of thioether (sulfide) groups is 1. The van der Waals surface area contributed by atoms with Crippen LogP contribution >= 0.6 is 11.8 Å². The first kappa shape index (κ1) is 7.94. The van der Waals surface area contributed by atoms with Crippen molar-refractivity contribution in [3.63, 3.8) is 0 Å². The van der Waals surface area contributed by atoms with Gasteiger partial charge in [0.2, 0.25) is 0 Å². The van der Waals surface area contributed by atoms with Crippen molar-refractivity contribution in [2.24, 2.45) is 0 Å². The van der Waals surface area contributed by atoms with E-state index in [4.69, 9.17) is 5.73 Å². The zero-order chi connectivity index (χ0) is 9.54. The molecular weight excluding hydrogens is 194 g/mol. The van der Waals surface area contributed by atoms with Gasteiger partial charge in [0.15, 0.2) is 5.16 Å². The van der Waals surface area contributed by atoms with Gasteiger partial charge in [0.05, 0.1) is 5.69 Å². The third-order valence-electron chi connectivity index (χ3n) is 2.33. The Bertz CT molecular complexity index is 490. The summed E-state index contributed by atoms with van der Waals surface area (Å²) in [6.45, 7) is 0. The van der Waals surface area contributed by atoms with Crippen molar-refractivity contribution in [3.8, 4) is 5.69 Å². The van der Waals surface area contributed by atoms with E-state index in [-0.39, 0.29) is 0 Å². The van der Waals surface area contributed by atoms with Crippen LogP contribution in [0.25, 0.3) is 5.69 Å². The second kappa shape index (κ2) is 2.78. The topological polar surface area (TPSA) is 43.8 Å². The fourth-order valence-corrected chi connectivity index (χ4v) is 2.63. The molecule has 2 heterocycles. The molecule has 0 aliphatic carbocycles. The van der Waals surface area contributed by atoms with Gasteiger partial charge in [0.25, 0.3) is 0 Å². The van der Waals surface area contributed by atoms with Crippen LogP contribution in [-0.4, -0.2) is 9.55 Å². The third kappa shape index (κ3) is 1.04. The number of nitrogen functional groups attached to an aromatic ring is 1. The fraction of sp³-hybridized carbons (Fsp3) is 0.100.